The third kappa shape index (κ3) is 3.66. The van der Waals surface area contributed by atoms with E-state index in [0.29, 0.717) is 34.4 Å². The molecule has 2 aromatic carbocycles. The second-order valence-electron chi connectivity index (χ2n) is 4.44. The summed E-state index contributed by atoms with van der Waals surface area (Å²) in [6, 6.07) is 13.1. The van der Waals surface area contributed by atoms with Gasteiger partial charge in [0.05, 0.1) is 22.8 Å². The first kappa shape index (κ1) is 15.2. The normalized spacial score (nSPS) is 12.2. The van der Waals surface area contributed by atoms with Crippen LogP contribution in [0.25, 0.3) is 0 Å². The Bertz CT molecular complexity index is 570. The Hall–Kier alpha value is -1.22. The molecule has 0 aromatic heterocycles. The first-order valence-electron chi connectivity index (χ1n) is 6.45. The van der Waals surface area contributed by atoms with Gasteiger partial charge in [-0.05, 0) is 18.6 Å². The maximum atomic E-state index is 10.3. The third-order valence-corrected chi connectivity index (χ3v) is 3.60. The molecule has 0 heterocycles. The van der Waals surface area contributed by atoms with E-state index in [2.05, 4.69) is 0 Å². The molecule has 0 aliphatic carbocycles. The second kappa shape index (κ2) is 6.98. The van der Waals surface area contributed by atoms with Crippen LogP contribution in [0, 0.1) is 0 Å². The van der Waals surface area contributed by atoms with Crippen molar-refractivity contribution in [2.24, 2.45) is 0 Å². The summed E-state index contributed by atoms with van der Waals surface area (Å²) in [4.78, 5) is 0. The molecule has 20 heavy (non-hydrogen) atoms. The lowest BCUT2D eigenvalue weighted by Gasteiger charge is -2.15. The fourth-order valence-electron chi connectivity index (χ4n) is 2.01. The molecule has 0 saturated carbocycles. The summed E-state index contributed by atoms with van der Waals surface area (Å²) in [5, 5.41) is 11.2. The van der Waals surface area contributed by atoms with Crippen LogP contribution in [0.15, 0.2) is 42.5 Å². The maximum absolute atomic E-state index is 10.3. The zero-order valence-corrected chi connectivity index (χ0v) is 12.7. The Labute approximate surface area is 128 Å². The van der Waals surface area contributed by atoms with Gasteiger partial charge in [0.2, 0.25) is 0 Å². The van der Waals surface area contributed by atoms with E-state index in [-0.39, 0.29) is 0 Å². The van der Waals surface area contributed by atoms with Gasteiger partial charge in [0, 0.05) is 18.1 Å². The molecule has 2 aromatic rings. The smallest absolute Gasteiger partial charge is 0.139 e. The standard InChI is InChI=1S/C16H16Cl2O2/c1-2-20-16-10-13(17)12(9-14(16)18)15(19)8-11-6-4-3-5-7-11/h3-7,9-10,15,19H,2,8H2,1H3. The van der Waals surface area contributed by atoms with Crippen LogP contribution in [0.4, 0.5) is 0 Å². The van der Waals surface area contributed by atoms with Gasteiger partial charge < -0.3 is 9.84 Å². The van der Waals surface area contributed by atoms with Crippen LogP contribution in [0.5, 0.6) is 5.75 Å². The number of ether oxygens (including phenoxy) is 1. The molecule has 4 heteroatoms. The van der Waals surface area contributed by atoms with Crippen LogP contribution < -0.4 is 4.74 Å². The summed E-state index contributed by atoms with van der Waals surface area (Å²) in [6.07, 6.45) is -0.205. The highest BCUT2D eigenvalue weighted by Gasteiger charge is 2.15. The highest BCUT2D eigenvalue weighted by Crippen LogP contribution is 2.35. The van der Waals surface area contributed by atoms with Crippen molar-refractivity contribution in [3.05, 3.63) is 63.6 Å². The highest BCUT2D eigenvalue weighted by atomic mass is 35.5. The van der Waals surface area contributed by atoms with E-state index >= 15 is 0 Å². The molecule has 0 spiro atoms. The quantitative estimate of drug-likeness (QED) is 0.869. The molecular weight excluding hydrogens is 295 g/mol. The minimum Gasteiger partial charge on any atom is -0.492 e. The van der Waals surface area contributed by atoms with Gasteiger partial charge in [-0.1, -0.05) is 53.5 Å². The molecule has 0 fully saturated rings. The van der Waals surface area contributed by atoms with E-state index in [4.69, 9.17) is 27.9 Å². The van der Waals surface area contributed by atoms with Crippen LogP contribution in [0.3, 0.4) is 0 Å². The predicted molar refractivity (Wildman–Crippen MR) is 82.7 cm³/mol. The molecule has 1 N–H and O–H groups in total. The molecule has 2 nitrogen and oxygen atoms in total. The zero-order valence-electron chi connectivity index (χ0n) is 11.1. The van der Waals surface area contributed by atoms with Crippen molar-refractivity contribution in [2.45, 2.75) is 19.4 Å². The second-order valence-corrected chi connectivity index (χ2v) is 5.26. The maximum Gasteiger partial charge on any atom is 0.139 e. The number of aliphatic hydroxyl groups excluding tert-OH is 1. The SMILES string of the molecule is CCOc1cc(Cl)c(C(O)Cc2ccccc2)cc1Cl. The third-order valence-electron chi connectivity index (χ3n) is 2.98. The van der Waals surface area contributed by atoms with Crippen molar-refractivity contribution in [1.29, 1.82) is 0 Å². The van der Waals surface area contributed by atoms with E-state index in [1.165, 1.54) is 0 Å². The van der Waals surface area contributed by atoms with Gasteiger partial charge in [0.1, 0.15) is 5.75 Å². The Kier molecular flexibility index (Phi) is 5.30. The number of benzene rings is 2. The molecule has 2 rings (SSSR count). The molecule has 106 valence electrons. The van der Waals surface area contributed by atoms with Crippen LogP contribution in [0.2, 0.25) is 10.0 Å². The summed E-state index contributed by atoms with van der Waals surface area (Å²) >= 11 is 12.3. The summed E-state index contributed by atoms with van der Waals surface area (Å²) < 4.78 is 5.37. The van der Waals surface area contributed by atoms with E-state index in [0.717, 1.165) is 5.56 Å². The summed E-state index contributed by atoms with van der Waals surface area (Å²) in [7, 11) is 0. The van der Waals surface area contributed by atoms with E-state index < -0.39 is 6.10 Å². The molecular formula is C16H16Cl2O2. The molecule has 0 aliphatic heterocycles. The number of hydrogen-bond acceptors (Lipinski definition) is 2. The van der Waals surface area contributed by atoms with Crippen molar-refractivity contribution >= 4 is 23.2 Å². The lowest BCUT2D eigenvalue weighted by Crippen LogP contribution is -2.03. The van der Waals surface area contributed by atoms with Crippen LogP contribution in [0.1, 0.15) is 24.2 Å². The summed E-state index contributed by atoms with van der Waals surface area (Å²) in [5.74, 6) is 0.537. The van der Waals surface area contributed by atoms with Crippen LogP contribution in [-0.4, -0.2) is 11.7 Å². The lowest BCUT2D eigenvalue weighted by atomic mass is 10.0. The molecule has 0 amide bonds. The zero-order chi connectivity index (χ0) is 14.5. The van der Waals surface area contributed by atoms with Crippen molar-refractivity contribution in [1.82, 2.24) is 0 Å². The Morgan fingerprint density at radius 3 is 2.45 bits per heavy atom. The lowest BCUT2D eigenvalue weighted by molar-refractivity contribution is 0.178. The minimum absolute atomic E-state index is 0.457. The van der Waals surface area contributed by atoms with Gasteiger partial charge in [0.15, 0.2) is 0 Å². The summed E-state index contributed by atoms with van der Waals surface area (Å²) in [5.41, 5.74) is 1.66. The first-order valence-corrected chi connectivity index (χ1v) is 7.21. The van der Waals surface area contributed by atoms with Crippen LogP contribution in [-0.2, 0) is 6.42 Å². The molecule has 0 bridgehead atoms. The van der Waals surface area contributed by atoms with Crippen molar-refractivity contribution in [3.63, 3.8) is 0 Å². The number of aliphatic hydroxyl groups is 1. The van der Waals surface area contributed by atoms with Crippen molar-refractivity contribution < 1.29 is 9.84 Å². The van der Waals surface area contributed by atoms with Crippen LogP contribution >= 0.6 is 23.2 Å². The predicted octanol–water partition coefficient (Wildman–Crippen LogP) is 4.67. The van der Waals surface area contributed by atoms with Gasteiger partial charge >= 0.3 is 0 Å². The van der Waals surface area contributed by atoms with Crippen molar-refractivity contribution in [3.8, 4) is 5.75 Å². The van der Waals surface area contributed by atoms with Crippen molar-refractivity contribution in [2.75, 3.05) is 6.61 Å². The monoisotopic (exact) mass is 310 g/mol. The summed E-state index contributed by atoms with van der Waals surface area (Å²) in [6.45, 7) is 2.39. The Morgan fingerprint density at radius 1 is 1.10 bits per heavy atom. The molecule has 1 unspecified atom stereocenters. The Morgan fingerprint density at radius 2 is 1.80 bits per heavy atom. The van der Waals surface area contributed by atoms with E-state index in [9.17, 15) is 5.11 Å². The van der Waals surface area contributed by atoms with Gasteiger partial charge in [-0.2, -0.15) is 0 Å². The molecule has 0 radical (unpaired) electrons. The minimum atomic E-state index is -0.696. The molecule has 1 atom stereocenters. The fraction of sp³-hybridized carbons (Fsp3) is 0.250. The van der Waals surface area contributed by atoms with E-state index in [1.54, 1.807) is 12.1 Å². The van der Waals surface area contributed by atoms with Gasteiger partial charge in [-0.25, -0.2) is 0 Å². The topological polar surface area (TPSA) is 29.5 Å². The number of rotatable bonds is 5. The number of halogens is 2. The van der Waals surface area contributed by atoms with Gasteiger partial charge in [-0.3, -0.25) is 0 Å². The van der Waals surface area contributed by atoms with E-state index in [1.807, 2.05) is 37.3 Å². The van der Waals surface area contributed by atoms with Gasteiger partial charge in [0.25, 0.3) is 0 Å². The molecule has 0 saturated heterocycles. The molecule has 0 aliphatic rings. The highest BCUT2D eigenvalue weighted by molar-refractivity contribution is 6.34. The average molecular weight is 311 g/mol. The first-order chi connectivity index (χ1) is 9.61. The largest absolute Gasteiger partial charge is 0.492 e. The average Bonchev–Trinajstić information content (AvgIpc) is 2.43. The Balaban J connectivity index is 2.22. The van der Waals surface area contributed by atoms with Gasteiger partial charge in [-0.15, -0.1) is 0 Å². The number of hydrogen-bond donors (Lipinski definition) is 1. The fourth-order valence-corrected chi connectivity index (χ4v) is 2.52.